The fourth-order valence-electron chi connectivity index (χ4n) is 1.60. The Labute approximate surface area is 73.5 Å². The van der Waals surface area contributed by atoms with Crippen LogP contribution in [0, 0.1) is 0 Å². The molecule has 1 aliphatic rings. The standard InChI is InChI=1S/C8H18N2S/c1-10(2)7(6-9)8-4-3-5-11-8/h7-8H,3-6,9H2,1-2H3. The molecule has 0 bridgehead atoms. The third kappa shape index (κ3) is 2.36. The molecule has 0 saturated carbocycles. The van der Waals surface area contributed by atoms with Crippen molar-refractivity contribution in [3.8, 4) is 0 Å². The molecule has 0 radical (unpaired) electrons. The highest BCUT2D eigenvalue weighted by atomic mass is 32.2. The molecule has 1 aliphatic heterocycles. The molecule has 11 heavy (non-hydrogen) atoms. The Morgan fingerprint density at radius 2 is 2.36 bits per heavy atom. The number of thioether (sulfide) groups is 1. The van der Waals surface area contributed by atoms with Gasteiger partial charge in [-0.25, -0.2) is 0 Å². The van der Waals surface area contributed by atoms with Crippen LogP contribution in [0.25, 0.3) is 0 Å². The predicted molar refractivity (Wildman–Crippen MR) is 52.0 cm³/mol. The first-order chi connectivity index (χ1) is 5.25. The van der Waals surface area contributed by atoms with Crippen LogP contribution >= 0.6 is 11.8 Å². The Morgan fingerprint density at radius 1 is 1.64 bits per heavy atom. The van der Waals surface area contributed by atoms with Crippen LogP contribution in [0.5, 0.6) is 0 Å². The number of hydrogen-bond donors (Lipinski definition) is 1. The smallest absolute Gasteiger partial charge is 0.0331 e. The Hall–Kier alpha value is 0.270. The van der Waals surface area contributed by atoms with Gasteiger partial charge in [-0.3, -0.25) is 0 Å². The lowest BCUT2D eigenvalue weighted by molar-refractivity contribution is 0.290. The minimum Gasteiger partial charge on any atom is -0.329 e. The number of rotatable bonds is 3. The summed E-state index contributed by atoms with van der Waals surface area (Å²) in [6, 6.07) is 0.586. The van der Waals surface area contributed by atoms with E-state index in [1.165, 1.54) is 18.6 Å². The summed E-state index contributed by atoms with van der Waals surface area (Å²) in [5.74, 6) is 1.33. The quantitative estimate of drug-likeness (QED) is 0.685. The zero-order chi connectivity index (χ0) is 8.27. The van der Waals surface area contributed by atoms with Gasteiger partial charge in [-0.15, -0.1) is 0 Å². The largest absolute Gasteiger partial charge is 0.329 e. The summed E-state index contributed by atoms with van der Waals surface area (Å²) < 4.78 is 0. The molecule has 2 N–H and O–H groups in total. The van der Waals surface area contributed by atoms with E-state index < -0.39 is 0 Å². The molecule has 66 valence electrons. The van der Waals surface area contributed by atoms with Gasteiger partial charge < -0.3 is 10.6 Å². The van der Waals surface area contributed by atoms with Gasteiger partial charge in [-0.2, -0.15) is 11.8 Å². The molecule has 0 aromatic rings. The van der Waals surface area contributed by atoms with Gasteiger partial charge in [0, 0.05) is 17.8 Å². The lowest BCUT2D eigenvalue weighted by Crippen LogP contribution is -2.42. The molecule has 1 fully saturated rings. The molecule has 0 amide bonds. The molecule has 0 aromatic carbocycles. The van der Waals surface area contributed by atoms with Crippen molar-refractivity contribution < 1.29 is 0 Å². The monoisotopic (exact) mass is 174 g/mol. The molecule has 1 saturated heterocycles. The SMILES string of the molecule is CN(C)C(CN)C1CCCS1. The lowest BCUT2D eigenvalue weighted by Gasteiger charge is -2.27. The van der Waals surface area contributed by atoms with E-state index in [0.717, 1.165) is 11.8 Å². The summed E-state index contributed by atoms with van der Waals surface area (Å²) in [5.41, 5.74) is 5.70. The van der Waals surface area contributed by atoms with Crippen molar-refractivity contribution in [3.63, 3.8) is 0 Å². The van der Waals surface area contributed by atoms with Crippen molar-refractivity contribution in [2.45, 2.75) is 24.1 Å². The van der Waals surface area contributed by atoms with Crippen LogP contribution in [-0.2, 0) is 0 Å². The van der Waals surface area contributed by atoms with Gasteiger partial charge in [0.1, 0.15) is 0 Å². The summed E-state index contributed by atoms with van der Waals surface area (Å²) >= 11 is 2.08. The predicted octanol–water partition coefficient (Wildman–Crippen LogP) is 0.771. The first kappa shape index (κ1) is 9.36. The Kier molecular flexibility index (Phi) is 3.69. The second-order valence-corrected chi connectivity index (χ2v) is 4.67. The first-order valence-electron chi connectivity index (χ1n) is 4.24. The normalized spacial score (nSPS) is 27.8. The minimum absolute atomic E-state index is 0.586. The van der Waals surface area contributed by atoms with Crippen molar-refractivity contribution in [2.75, 3.05) is 26.4 Å². The zero-order valence-corrected chi connectivity index (χ0v) is 8.23. The van der Waals surface area contributed by atoms with Gasteiger partial charge in [0.2, 0.25) is 0 Å². The number of hydrogen-bond acceptors (Lipinski definition) is 3. The van der Waals surface area contributed by atoms with E-state index in [0.29, 0.717) is 6.04 Å². The van der Waals surface area contributed by atoms with Crippen molar-refractivity contribution in [3.05, 3.63) is 0 Å². The molecular weight excluding hydrogens is 156 g/mol. The lowest BCUT2D eigenvalue weighted by atomic mass is 10.1. The molecule has 1 heterocycles. The van der Waals surface area contributed by atoms with Gasteiger partial charge in [-0.05, 0) is 32.7 Å². The van der Waals surface area contributed by atoms with Crippen LogP contribution in [0.2, 0.25) is 0 Å². The fraction of sp³-hybridized carbons (Fsp3) is 1.00. The maximum atomic E-state index is 5.70. The topological polar surface area (TPSA) is 29.3 Å². The van der Waals surface area contributed by atoms with Crippen molar-refractivity contribution in [1.29, 1.82) is 0 Å². The van der Waals surface area contributed by atoms with Crippen LogP contribution in [0.15, 0.2) is 0 Å². The molecule has 3 heteroatoms. The molecule has 2 unspecified atom stereocenters. The van der Waals surface area contributed by atoms with Gasteiger partial charge >= 0.3 is 0 Å². The summed E-state index contributed by atoms with van der Waals surface area (Å²) in [5, 5.41) is 0.787. The van der Waals surface area contributed by atoms with Crippen LogP contribution in [0.4, 0.5) is 0 Å². The van der Waals surface area contributed by atoms with E-state index in [4.69, 9.17) is 5.73 Å². The summed E-state index contributed by atoms with van der Waals surface area (Å²) in [6.45, 7) is 0.796. The molecule has 0 aromatic heterocycles. The Bertz CT molecular complexity index is 111. The number of likely N-dealkylation sites (N-methyl/N-ethyl adjacent to an activating group) is 1. The zero-order valence-electron chi connectivity index (χ0n) is 7.42. The Balaban J connectivity index is 2.40. The van der Waals surface area contributed by atoms with Crippen LogP contribution < -0.4 is 5.73 Å². The highest BCUT2D eigenvalue weighted by Crippen LogP contribution is 2.29. The highest BCUT2D eigenvalue weighted by Gasteiger charge is 2.25. The summed E-state index contributed by atoms with van der Waals surface area (Å²) in [4.78, 5) is 2.25. The van der Waals surface area contributed by atoms with Crippen molar-refractivity contribution in [1.82, 2.24) is 4.90 Å². The third-order valence-corrected chi connectivity index (χ3v) is 3.80. The van der Waals surface area contributed by atoms with E-state index in [9.17, 15) is 0 Å². The van der Waals surface area contributed by atoms with E-state index in [1.54, 1.807) is 0 Å². The van der Waals surface area contributed by atoms with Gasteiger partial charge in [-0.1, -0.05) is 0 Å². The fourth-order valence-corrected chi connectivity index (χ4v) is 3.15. The maximum Gasteiger partial charge on any atom is 0.0331 e. The van der Waals surface area contributed by atoms with Crippen molar-refractivity contribution >= 4 is 11.8 Å². The first-order valence-corrected chi connectivity index (χ1v) is 5.28. The number of nitrogens with two attached hydrogens (primary N) is 1. The average molecular weight is 174 g/mol. The van der Waals surface area contributed by atoms with E-state index in [-0.39, 0.29) is 0 Å². The van der Waals surface area contributed by atoms with Crippen LogP contribution in [-0.4, -0.2) is 42.6 Å². The second-order valence-electron chi connectivity index (χ2n) is 3.32. The molecule has 2 nitrogen and oxygen atoms in total. The van der Waals surface area contributed by atoms with Gasteiger partial charge in [0.05, 0.1) is 0 Å². The highest BCUT2D eigenvalue weighted by molar-refractivity contribution is 8.00. The van der Waals surface area contributed by atoms with E-state index in [2.05, 4.69) is 30.8 Å². The molecule has 2 atom stereocenters. The van der Waals surface area contributed by atoms with Crippen molar-refractivity contribution in [2.24, 2.45) is 5.73 Å². The van der Waals surface area contributed by atoms with Gasteiger partial charge in [0.15, 0.2) is 0 Å². The number of nitrogens with zero attached hydrogens (tertiary/aromatic N) is 1. The molecule has 0 aliphatic carbocycles. The molecule has 0 spiro atoms. The van der Waals surface area contributed by atoms with Crippen LogP contribution in [0.1, 0.15) is 12.8 Å². The molecular formula is C8H18N2S. The van der Waals surface area contributed by atoms with Gasteiger partial charge in [0.25, 0.3) is 0 Å². The van der Waals surface area contributed by atoms with E-state index >= 15 is 0 Å². The average Bonchev–Trinajstić information content (AvgIpc) is 2.40. The van der Waals surface area contributed by atoms with E-state index in [1.807, 2.05) is 0 Å². The second kappa shape index (κ2) is 4.33. The van der Waals surface area contributed by atoms with Crippen LogP contribution in [0.3, 0.4) is 0 Å². The minimum atomic E-state index is 0.586. The summed E-state index contributed by atoms with van der Waals surface area (Å²) in [6.07, 6.45) is 2.73. The Morgan fingerprint density at radius 3 is 2.73 bits per heavy atom. The molecule has 1 rings (SSSR count). The summed E-state index contributed by atoms with van der Waals surface area (Å²) in [7, 11) is 4.24. The maximum absolute atomic E-state index is 5.70. The third-order valence-electron chi connectivity index (χ3n) is 2.30.